The predicted molar refractivity (Wildman–Crippen MR) is 165 cm³/mol. The molecule has 0 bridgehead atoms. The molecule has 2 aromatic carbocycles. The van der Waals surface area contributed by atoms with Gasteiger partial charge in [-0.2, -0.15) is 0 Å². The van der Waals surface area contributed by atoms with Gasteiger partial charge < -0.3 is 28.7 Å². The summed E-state index contributed by atoms with van der Waals surface area (Å²) in [5, 5.41) is 10.2. The van der Waals surface area contributed by atoms with Crippen LogP contribution in [0, 0.1) is 5.92 Å². The Morgan fingerprint density at radius 3 is 2.60 bits per heavy atom. The van der Waals surface area contributed by atoms with Crippen LogP contribution in [-0.2, 0) is 37.7 Å². The number of hydrogen-bond donors (Lipinski definition) is 1. The fraction of sp³-hybridized carbons (Fsp3) is 0.485. The van der Waals surface area contributed by atoms with E-state index in [0.29, 0.717) is 42.9 Å². The summed E-state index contributed by atoms with van der Waals surface area (Å²) in [6, 6.07) is 13.0. The second kappa shape index (κ2) is 11.0. The number of hydrogen-bond acceptors (Lipinski definition) is 5. The van der Waals surface area contributed by atoms with Gasteiger partial charge in [-0.05, 0) is 55.3 Å². The molecule has 0 radical (unpaired) electrons. The average Bonchev–Trinajstić information content (AvgIpc) is 3.61. The maximum absolute atomic E-state index is 16.3. The van der Waals surface area contributed by atoms with Crippen molar-refractivity contribution in [1.82, 2.24) is 4.90 Å². The van der Waals surface area contributed by atoms with E-state index in [2.05, 4.69) is 6.58 Å². The summed E-state index contributed by atoms with van der Waals surface area (Å²) in [4.78, 5) is 45.9. The highest BCUT2D eigenvalue weighted by atomic mass is 28.4. The minimum absolute atomic E-state index is 0.0295. The van der Waals surface area contributed by atoms with Crippen molar-refractivity contribution in [2.75, 3.05) is 29.5 Å². The maximum atomic E-state index is 16.3. The van der Waals surface area contributed by atoms with Crippen molar-refractivity contribution in [1.29, 1.82) is 0 Å². The number of carbonyl (C=O) groups is 3. The highest BCUT2D eigenvalue weighted by Gasteiger charge is 2.67. The number of nitrogens with zero attached hydrogens (tertiary/aromatic N) is 3. The van der Waals surface area contributed by atoms with Crippen LogP contribution in [0.5, 0.6) is 0 Å². The number of aliphatic hydroxyl groups is 1. The van der Waals surface area contributed by atoms with Crippen LogP contribution in [0.1, 0.15) is 42.9 Å². The molecule has 43 heavy (non-hydrogen) atoms. The van der Waals surface area contributed by atoms with Crippen LogP contribution in [0.3, 0.4) is 0 Å². The first-order valence-electron chi connectivity index (χ1n) is 15.2. The molecule has 2 fully saturated rings. The zero-order valence-electron chi connectivity index (χ0n) is 25.1. The highest BCUT2D eigenvalue weighted by Crippen LogP contribution is 2.60. The van der Waals surface area contributed by atoms with Crippen LogP contribution in [0.4, 0.5) is 15.5 Å². The SMILES string of the molecule is C=CCN1C(=O)[C@@]2(O[C@@H](CC(=O)N3Cc4ccccc4C[C@H]3CO)[C@H]([Si](C)(C)F)[C@H]2C)c2cc(N3CCCC3=O)ccc21. The molecule has 3 amide bonds. The number of benzene rings is 2. The summed E-state index contributed by atoms with van der Waals surface area (Å²) < 4.78 is 23.1. The number of ether oxygens (including phenoxy) is 1. The van der Waals surface area contributed by atoms with E-state index in [1.54, 1.807) is 33.9 Å². The largest absolute Gasteiger partial charge is 0.394 e. The summed E-state index contributed by atoms with van der Waals surface area (Å²) in [5.41, 5.74) is 1.96. The van der Waals surface area contributed by atoms with Gasteiger partial charge in [0.25, 0.3) is 5.91 Å². The third kappa shape index (κ3) is 4.74. The van der Waals surface area contributed by atoms with Crippen LogP contribution in [0.25, 0.3) is 0 Å². The molecule has 4 aliphatic rings. The van der Waals surface area contributed by atoms with E-state index in [0.717, 1.165) is 17.5 Å². The molecular weight excluding hydrogens is 565 g/mol. The van der Waals surface area contributed by atoms with Crippen LogP contribution in [0.15, 0.2) is 55.1 Å². The number of aliphatic hydroxyl groups excluding tert-OH is 1. The van der Waals surface area contributed by atoms with Gasteiger partial charge >= 0.3 is 0 Å². The van der Waals surface area contributed by atoms with Crippen molar-refractivity contribution in [3.8, 4) is 0 Å². The number of fused-ring (bicyclic) bond motifs is 3. The van der Waals surface area contributed by atoms with E-state index in [-0.39, 0.29) is 43.3 Å². The Hall–Kier alpha value is -3.34. The summed E-state index contributed by atoms with van der Waals surface area (Å²) in [6.07, 6.45) is 2.50. The van der Waals surface area contributed by atoms with Crippen LogP contribution in [0.2, 0.25) is 18.6 Å². The zero-order chi connectivity index (χ0) is 30.7. The van der Waals surface area contributed by atoms with Crippen molar-refractivity contribution in [2.45, 2.75) is 75.5 Å². The van der Waals surface area contributed by atoms with E-state index >= 15 is 4.11 Å². The molecule has 228 valence electrons. The van der Waals surface area contributed by atoms with Gasteiger partial charge in [0.2, 0.25) is 20.2 Å². The first-order chi connectivity index (χ1) is 20.5. The number of anilines is 2. The Bertz CT molecular complexity index is 1480. The number of amides is 3. The molecule has 2 saturated heterocycles. The van der Waals surface area contributed by atoms with Gasteiger partial charge in [-0.25, -0.2) is 0 Å². The van der Waals surface area contributed by atoms with Crippen molar-refractivity contribution < 1.29 is 28.3 Å². The fourth-order valence-electron chi connectivity index (χ4n) is 7.97. The van der Waals surface area contributed by atoms with Crippen LogP contribution < -0.4 is 9.80 Å². The number of halogens is 1. The summed E-state index contributed by atoms with van der Waals surface area (Å²) in [6.45, 7) is 9.96. The van der Waals surface area contributed by atoms with Gasteiger partial charge in [-0.3, -0.25) is 14.4 Å². The lowest BCUT2D eigenvalue weighted by Gasteiger charge is -2.37. The summed E-state index contributed by atoms with van der Waals surface area (Å²) in [5.74, 6) is -1.05. The highest BCUT2D eigenvalue weighted by molar-refractivity contribution is 6.72. The minimum Gasteiger partial charge on any atom is -0.394 e. The van der Waals surface area contributed by atoms with Crippen LogP contribution in [-0.4, -0.2) is 68.0 Å². The monoisotopic (exact) mass is 605 g/mol. The smallest absolute Gasteiger partial charge is 0.264 e. The van der Waals surface area contributed by atoms with E-state index < -0.39 is 31.6 Å². The molecule has 6 rings (SSSR count). The topological polar surface area (TPSA) is 90.4 Å². The molecule has 2 aromatic rings. The van der Waals surface area contributed by atoms with E-state index in [9.17, 15) is 19.5 Å². The third-order valence-electron chi connectivity index (χ3n) is 9.90. The van der Waals surface area contributed by atoms with Crippen molar-refractivity contribution in [3.63, 3.8) is 0 Å². The summed E-state index contributed by atoms with van der Waals surface area (Å²) >= 11 is 0. The van der Waals surface area contributed by atoms with E-state index in [4.69, 9.17) is 4.74 Å². The Balaban J connectivity index is 1.38. The number of rotatable bonds is 7. The predicted octanol–water partition coefficient (Wildman–Crippen LogP) is 4.46. The van der Waals surface area contributed by atoms with Gasteiger partial charge in [-0.15, -0.1) is 6.58 Å². The van der Waals surface area contributed by atoms with Crippen LogP contribution >= 0.6 is 0 Å². The Morgan fingerprint density at radius 2 is 1.95 bits per heavy atom. The second-order valence-corrected chi connectivity index (χ2v) is 16.7. The van der Waals surface area contributed by atoms with Crippen molar-refractivity contribution in [3.05, 3.63) is 71.8 Å². The van der Waals surface area contributed by atoms with Crippen molar-refractivity contribution in [2.24, 2.45) is 5.92 Å². The van der Waals surface area contributed by atoms with E-state index in [1.807, 2.05) is 49.4 Å². The average molecular weight is 606 g/mol. The normalized spacial score (nSPS) is 28.5. The lowest BCUT2D eigenvalue weighted by molar-refractivity contribution is -0.150. The standard InChI is InChI=1S/C33H40FN3O5Si/c1-5-14-36-27-13-12-24(35-15-8-11-29(35)39)17-26(27)33(32(36)41)21(2)31(43(3,4)34)28(42-33)18-30(40)37-19-23-10-7-6-9-22(23)16-25(37)20-38/h5-7,9-10,12-13,17,21,25,28,31,38H,1,8,11,14-16,18-20H2,2-4H3/t21-,25+,28+,31-,33+/m1/s1. The van der Waals surface area contributed by atoms with E-state index in [1.165, 1.54) is 0 Å². The lowest BCUT2D eigenvalue weighted by Crippen LogP contribution is -2.48. The van der Waals surface area contributed by atoms with Gasteiger partial charge in [0, 0.05) is 48.8 Å². The fourth-order valence-corrected chi connectivity index (χ4v) is 10.5. The third-order valence-corrected chi connectivity index (χ3v) is 12.4. The van der Waals surface area contributed by atoms with Crippen molar-refractivity contribution >= 4 is 37.5 Å². The molecular formula is C33H40FN3O5Si. The molecule has 1 spiro atoms. The Kier molecular flexibility index (Phi) is 7.59. The molecule has 0 aromatic heterocycles. The number of carbonyl (C=O) groups excluding carboxylic acids is 3. The maximum Gasteiger partial charge on any atom is 0.264 e. The quantitative estimate of drug-likeness (QED) is 0.286. The Labute approximate surface area is 253 Å². The molecule has 4 aliphatic heterocycles. The first-order valence-corrected chi connectivity index (χ1v) is 18.2. The Morgan fingerprint density at radius 1 is 1.21 bits per heavy atom. The molecule has 8 nitrogen and oxygen atoms in total. The van der Waals surface area contributed by atoms with Gasteiger partial charge in [-0.1, -0.05) is 37.3 Å². The second-order valence-electron chi connectivity index (χ2n) is 12.9. The molecule has 0 saturated carbocycles. The molecule has 5 atom stereocenters. The molecule has 0 unspecified atom stereocenters. The molecule has 0 aliphatic carbocycles. The van der Waals surface area contributed by atoms with Gasteiger partial charge in [0.15, 0.2) is 5.60 Å². The van der Waals surface area contributed by atoms with Gasteiger partial charge in [0.1, 0.15) is 0 Å². The molecule has 4 heterocycles. The first kappa shape index (κ1) is 29.7. The molecule has 10 heteroatoms. The van der Waals surface area contributed by atoms with Gasteiger partial charge in [0.05, 0.1) is 30.9 Å². The zero-order valence-corrected chi connectivity index (χ0v) is 26.1. The lowest BCUT2D eigenvalue weighted by atomic mass is 9.82. The summed E-state index contributed by atoms with van der Waals surface area (Å²) in [7, 11) is -3.49. The molecule has 1 N–H and O–H groups in total. The minimum atomic E-state index is -3.49.